The molecule has 3 unspecified atom stereocenters. The van der Waals surface area contributed by atoms with Gasteiger partial charge in [-0.25, -0.2) is 0 Å². The second kappa shape index (κ2) is 4.46. The molecule has 0 aromatic carbocycles. The predicted octanol–water partition coefficient (Wildman–Crippen LogP) is 1.91. The molecule has 0 radical (unpaired) electrons. The Bertz CT molecular complexity index is 316. The lowest BCUT2D eigenvalue weighted by Crippen LogP contribution is -2.54. The summed E-state index contributed by atoms with van der Waals surface area (Å²) >= 11 is 0. The Morgan fingerprint density at radius 1 is 1.06 bits per heavy atom. The van der Waals surface area contributed by atoms with Crippen molar-refractivity contribution >= 4 is 0 Å². The molecule has 4 fully saturated rings. The van der Waals surface area contributed by atoms with Crippen molar-refractivity contribution in [2.75, 3.05) is 19.7 Å². The first-order valence-corrected chi connectivity index (χ1v) is 7.99. The summed E-state index contributed by atoms with van der Waals surface area (Å²) in [5.74, 6) is 0. The van der Waals surface area contributed by atoms with Gasteiger partial charge in [-0.15, -0.1) is 0 Å². The van der Waals surface area contributed by atoms with Crippen molar-refractivity contribution in [3.63, 3.8) is 0 Å². The quantitative estimate of drug-likeness (QED) is 0.810. The SMILES string of the molecule is C1CC2C(NC3CCOC4(CCC4)C3)CCN2C1. The number of ether oxygens (including phenoxy) is 1. The highest BCUT2D eigenvalue weighted by atomic mass is 16.5. The largest absolute Gasteiger partial charge is 0.375 e. The Kier molecular flexibility index (Phi) is 2.90. The molecule has 3 heterocycles. The summed E-state index contributed by atoms with van der Waals surface area (Å²) < 4.78 is 6.03. The van der Waals surface area contributed by atoms with E-state index in [-0.39, 0.29) is 0 Å². The summed E-state index contributed by atoms with van der Waals surface area (Å²) in [6.07, 6.45) is 10.7. The summed E-state index contributed by atoms with van der Waals surface area (Å²) in [5, 5.41) is 3.99. The van der Waals surface area contributed by atoms with E-state index in [1.165, 1.54) is 64.5 Å². The van der Waals surface area contributed by atoms with Crippen molar-refractivity contribution in [2.45, 2.75) is 75.1 Å². The lowest BCUT2D eigenvalue weighted by atomic mass is 9.74. The van der Waals surface area contributed by atoms with Crippen LogP contribution in [0, 0.1) is 0 Å². The molecule has 0 aromatic heterocycles. The fraction of sp³-hybridized carbons (Fsp3) is 1.00. The molecule has 0 aromatic rings. The van der Waals surface area contributed by atoms with Gasteiger partial charge in [-0.1, -0.05) is 0 Å². The number of fused-ring (bicyclic) bond motifs is 1. The van der Waals surface area contributed by atoms with E-state index < -0.39 is 0 Å². The number of hydrogen-bond acceptors (Lipinski definition) is 3. The van der Waals surface area contributed by atoms with Crippen LogP contribution in [-0.2, 0) is 4.74 Å². The zero-order chi connectivity index (χ0) is 12.0. The maximum absolute atomic E-state index is 6.03. The highest BCUT2D eigenvalue weighted by Crippen LogP contribution is 2.42. The fourth-order valence-electron chi connectivity index (χ4n) is 4.67. The molecule has 18 heavy (non-hydrogen) atoms. The molecule has 102 valence electrons. The predicted molar refractivity (Wildman–Crippen MR) is 71.7 cm³/mol. The lowest BCUT2D eigenvalue weighted by molar-refractivity contribution is -0.136. The van der Waals surface area contributed by atoms with Gasteiger partial charge in [0.25, 0.3) is 0 Å². The van der Waals surface area contributed by atoms with Gasteiger partial charge < -0.3 is 10.1 Å². The normalized spacial score (nSPS) is 43.0. The van der Waals surface area contributed by atoms with E-state index >= 15 is 0 Å². The summed E-state index contributed by atoms with van der Waals surface area (Å²) in [5.41, 5.74) is 0.296. The van der Waals surface area contributed by atoms with E-state index in [0.717, 1.165) is 24.7 Å². The highest BCUT2D eigenvalue weighted by Gasteiger charge is 2.44. The summed E-state index contributed by atoms with van der Waals surface area (Å²) in [4.78, 5) is 2.70. The van der Waals surface area contributed by atoms with Crippen LogP contribution in [0.5, 0.6) is 0 Å². The molecule has 4 rings (SSSR count). The Morgan fingerprint density at radius 2 is 2.00 bits per heavy atom. The van der Waals surface area contributed by atoms with Crippen LogP contribution in [-0.4, -0.2) is 48.3 Å². The standard InChI is InChI=1S/C15H26N2O/c1-3-14-13(4-9-17(14)8-1)16-12-5-10-18-15(11-12)6-2-7-15/h12-14,16H,1-11H2. The van der Waals surface area contributed by atoms with Crippen molar-refractivity contribution in [2.24, 2.45) is 0 Å². The van der Waals surface area contributed by atoms with Crippen LogP contribution in [0.1, 0.15) is 51.4 Å². The smallest absolute Gasteiger partial charge is 0.0697 e. The Morgan fingerprint density at radius 3 is 2.83 bits per heavy atom. The first-order valence-electron chi connectivity index (χ1n) is 7.99. The second-order valence-electron chi connectivity index (χ2n) is 6.88. The minimum Gasteiger partial charge on any atom is -0.375 e. The molecule has 4 aliphatic rings. The molecule has 3 heteroatoms. The van der Waals surface area contributed by atoms with E-state index in [4.69, 9.17) is 4.74 Å². The second-order valence-corrected chi connectivity index (χ2v) is 6.88. The summed E-state index contributed by atoms with van der Waals surface area (Å²) in [6, 6.07) is 2.35. The van der Waals surface area contributed by atoms with Crippen molar-refractivity contribution in [3.8, 4) is 0 Å². The van der Waals surface area contributed by atoms with Gasteiger partial charge in [-0.2, -0.15) is 0 Å². The first kappa shape index (κ1) is 11.7. The Labute approximate surface area is 110 Å². The topological polar surface area (TPSA) is 24.5 Å². The van der Waals surface area contributed by atoms with Gasteiger partial charge >= 0.3 is 0 Å². The molecule has 0 amide bonds. The molecule has 0 bridgehead atoms. The molecule has 1 N–H and O–H groups in total. The maximum atomic E-state index is 6.03. The van der Waals surface area contributed by atoms with Gasteiger partial charge in [0.15, 0.2) is 0 Å². The molecule has 3 nitrogen and oxygen atoms in total. The molecule has 3 saturated heterocycles. The van der Waals surface area contributed by atoms with Crippen LogP contribution >= 0.6 is 0 Å². The van der Waals surface area contributed by atoms with E-state index in [9.17, 15) is 0 Å². The molecule has 3 atom stereocenters. The van der Waals surface area contributed by atoms with Crippen LogP contribution in [0.4, 0.5) is 0 Å². The van der Waals surface area contributed by atoms with Crippen molar-refractivity contribution < 1.29 is 4.74 Å². The number of nitrogens with one attached hydrogen (secondary N) is 1. The van der Waals surface area contributed by atoms with E-state index in [1.807, 2.05) is 0 Å². The minimum absolute atomic E-state index is 0.296. The van der Waals surface area contributed by atoms with E-state index in [2.05, 4.69) is 10.2 Å². The molecule has 1 saturated carbocycles. The minimum atomic E-state index is 0.296. The van der Waals surface area contributed by atoms with Gasteiger partial charge in [-0.05, 0) is 57.9 Å². The lowest BCUT2D eigenvalue weighted by Gasteiger charge is -2.48. The highest BCUT2D eigenvalue weighted by molar-refractivity contribution is 5.00. The Hall–Kier alpha value is -0.120. The van der Waals surface area contributed by atoms with E-state index in [0.29, 0.717) is 5.60 Å². The first-order chi connectivity index (χ1) is 8.85. The molecule has 1 aliphatic carbocycles. The molecule has 3 aliphatic heterocycles. The summed E-state index contributed by atoms with van der Waals surface area (Å²) in [7, 11) is 0. The van der Waals surface area contributed by atoms with Crippen LogP contribution in [0.3, 0.4) is 0 Å². The average molecular weight is 250 g/mol. The van der Waals surface area contributed by atoms with Gasteiger partial charge in [0.2, 0.25) is 0 Å². The summed E-state index contributed by atoms with van der Waals surface area (Å²) in [6.45, 7) is 3.66. The Balaban J connectivity index is 1.36. The van der Waals surface area contributed by atoms with Crippen molar-refractivity contribution in [3.05, 3.63) is 0 Å². The molecular formula is C15H26N2O. The maximum Gasteiger partial charge on any atom is 0.0697 e. The monoisotopic (exact) mass is 250 g/mol. The van der Waals surface area contributed by atoms with Crippen molar-refractivity contribution in [1.82, 2.24) is 10.2 Å². The van der Waals surface area contributed by atoms with Gasteiger partial charge in [0, 0.05) is 31.3 Å². The number of rotatable bonds is 2. The molecular weight excluding hydrogens is 224 g/mol. The third-order valence-electron chi connectivity index (χ3n) is 5.81. The van der Waals surface area contributed by atoms with Crippen molar-refractivity contribution in [1.29, 1.82) is 0 Å². The van der Waals surface area contributed by atoms with Crippen LogP contribution in [0.25, 0.3) is 0 Å². The van der Waals surface area contributed by atoms with Gasteiger partial charge in [-0.3, -0.25) is 4.90 Å². The van der Waals surface area contributed by atoms with Crippen LogP contribution in [0.2, 0.25) is 0 Å². The van der Waals surface area contributed by atoms with Gasteiger partial charge in [0.1, 0.15) is 0 Å². The third-order valence-corrected chi connectivity index (χ3v) is 5.81. The molecule has 1 spiro atoms. The zero-order valence-corrected chi connectivity index (χ0v) is 11.4. The zero-order valence-electron chi connectivity index (χ0n) is 11.4. The van der Waals surface area contributed by atoms with Gasteiger partial charge in [0.05, 0.1) is 5.60 Å². The third kappa shape index (κ3) is 1.91. The average Bonchev–Trinajstić information content (AvgIpc) is 2.93. The van der Waals surface area contributed by atoms with Crippen LogP contribution < -0.4 is 5.32 Å². The number of nitrogens with zero attached hydrogens (tertiary/aromatic N) is 1. The van der Waals surface area contributed by atoms with E-state index in [1.54, 1.807) is 0 Å². The van der Waals surface area contributed by atoms with Crippen LogP contribution in [0.15, 0.2) is 0 Å². The number of hydrogen-bond donors (Lipinski definition) is 1. The fourth-order valence-corrected chi connectivity index (χ4v) is 4.67.